The molecule has 6 aromatic heterocycles. The first-order chi connectivity index (χ1) is 36.8. The molecule has 0 saturated heterocycles. The van der Waals surface area contributed by atoms with Crippen LogP contribution in [-0.2, 0) is 20.2 Å². The molecule has 0 fully saturated rings. The van der Waals surface area contributed by atoms with Gasteiger partial charge < -0.3 is 30.4 Å². The number of hydrogen-bond donors (Lipinski definition) is 6. The van der Waals surface area contributed by atoms with Gasteiger partial charge in [-0.3, -0.25) is 10.6 Å². The zero-order valence-corrected chi connectivity index (χ0v) is 49.4. The van der Waals surface area contributed by atoms with Crippen molar-refractivity contribution in [3.05, 3.63) is 157 Å². The molecule has 6 aromatic carbocycles. The summed E-state index contributed by atoms with van der Waals surface area (Å²) in [7, 11) is -10.3. The minimum atomic E-state index is -5.15. The molecule has 78 heavy (non-hydrogen) atoms. The molecule has 0 spiro atoms. The van der Waals surface area contributed by atoms with Gasteiger partial charge in [0.25, 0.3) is 0 Å². The molecule has 6 heterocycles. The Bertz CT molecular complexity index is 3900. The topological polar surface area (TPSA) is 290 Å². The van der Waals surface area contributed by atoms with Crippen LogP contribution >= 0.6 is 45.3 Å². The second kappa shape index (κ2) is 23.0. The molecule has 0 aliphatic carbocycles. The van der Waals surface area contributed by atoms with E-state index in [0.717, 1.165) is 53.0 Å². The van der Waals surface area contributed by atoms with Crippen molar-refractivity contribution < 1.29 is 85.1 Å². The molecule has 0 bridgehead atoms. The molecular weight excluding hydrogens is 1130 g/mol. The summed E-state index contributed by atoms with van der Waals surface area (Å²) in [5.74, 6) is 1.39. The first kappa shape index (κ1) is 54.7. The fourth-order valence-electron chi connectivity index (χ4n) is 7.78. The van der Waals surface area contributed by atoms with Crippen LogP contribution in [0.5, 0.6) is 0 Å². The third-order valence-corrected chi connectivity index (χ3v) is 16.7. The Morgan fingerprint density at radius 1 is 0.359 bits per heavy atom. The zero-order valence-electron chi connectivity index (χ0n) is 40.5. The molecular formula is C50H32N14Na2O6S6. The summed E-state index contributed by atoms with van der Waals surface area (Å²) in [6, 6.07) is 41.7. The number of benzene rings is 6. The van der Waals surface area contributed by atoms with Crippen LogP contribution in [0, 0.1) is 0 Å². The van der Waals surface area contributed by atoms with Gasteiger partial charge >= 0.3 is 59.1 Å². The van der Waals surface area contributed by atoms with E-state index in [2.05, 4.69) is 71.8 Å². The average Bonchev–Trinajstić information content (AvgIpc) is 4.28. The van der Waals surface area contributed by atoms with Gasteiger partial charge in [0.1, 0.15) is 43.5 Å². The Morgan fingerprint density at radius 3 is 0.962 bits per heavy atom. The van der Waals surface area contributed by atoms with E-state index in [4.69, 9.17) is 0 Å². The number of para-hydroxylation sites is 4. The quantitative estimate of drug-likeness (QED) is 0.0359. The van der Waals surface area contributed by atoms with E-state index in [9.17, 15) is 25.9 Å². The van der Waals surface area contributed by atoms with Crippen molar-refractivity contribution in [3.63, 3.8) is 0 Å². The van der Waals surface area contributed by atoms with Gasteiger partial charge in [0, 0.05) is 23.5 Å². The number of nitrogens with one attached hydrogen (secondary N) is 6. The number of hydrogen-bond acceptors (Lipinski definition) is 24. The standard InChI is InChI=1S/C50H34N14O6S6.2Na/c65-75(66,67)39-23-29(51-41-25-43(61-47-53-31-9-1-5-13-35(31)71-47)59-45(57-41)63-49-55-33-11-3-7-15-37(33)73-49)21-19-27(39)17-18-28-20-22-30(24-40(28)76(68,69)70)52-42-26-44(62-48-54-32-10-2-6-14-36(32)72-48)60-46(58-42)64-50-56-34-12-4-8-16-38(34)74-50;;/h1-26H,(H,65,66,67)(H,68,69,70)(H3,51,53,55,57,59,61,63)(H3,52,54,56,58,60,62,64);;/q;2*+1/p-2. The third-order valence-electron chi connectivity index (χ3n) is 11.1. The summed E-state index contributed by atoms with van der Waals surface area (Å²) in [4.78, 5) is 35.8. The molecule has 28 heteroatoms. The van der Waals surface area contributed by atoms with Crippen LogP contribution in [0.4, 0.5) is 67.1 Å². The SMILES string of the molecule is O=S(=O)([O-])c1cc(Nc2cc(Nc3nc4ccccc4s3)nc(Nc3nc4ccccc4s3)n2)ccc1C=Cc1ccc(Nc2cc(Nc3nc4ccccc4s3)nc(Nc3nc4ccccc4s3)n2)cc1S(=O)(=O)[O-].[Na+].[Na+]. The summed E-state index contributed by atoms with van der Waals surface area (Å²) >= 11 is 5.65. The number of thiazole rings is 4. The van der Waals surface area contributed by atoms with Crippen LogP contribution in [0.3, 0.4) is 0 Å². The van der Waals surface area contributed by atoms with Crippen LogP contribution in [0.25, 0.3) is 53.0 Å². The first-order valence-corrected chi connectivity index (χ1v) is 28.6. The van der Waals surface area contributed by atoms with Crippen LogP contribution in [0.1, 0.15) is 11.1 Å². The van der Waals surface area contributed by atoms with Crippen molar-refractivity contribution in [1.82, 2.24) is 39.9 Å². The van der Waals surface area contributed by atoms with Gasteiger partial charge in [-0.2, -0.15) is 19.9 Å². The smallest absolute Gasteiger partial charge is 0.744 e. The fraction of sp³-hybridized carbons (Fsp3) is 0. The number of fused-ring (bicyclic) bond motifs is 4. The first-order valence-electron chi connectivity index (χ1n) is 22.5. The Morgan fingerprint density at radius 2 is 0.654 bits per heavy atom. The minimum Gasteiger partial charge on any atom is -0.744 e. The van der Waals surface area contributed by atoms with Gasteiger partial charge in [-0.15, -0.1) is 0 Å². The van der Waals surface area contributed by atoms with E-state index >= 15 is 0 Å². The van der Waals surface area contributed by atoms with Crippen LogP contribution < -0.4 is 91.0 Å². The predicted molar refractivity (Wildman–Crippen MR) is 300 cm³/mol. The molecule has 12 rings (SSSR count). The summed E-state index contributed by atoms with van der Waals surface area (Å²) < 4.78 is 80.9. The van der Waals surface area contributed by atoms with E-state index in [1.54, 1.807) is 12.1 Å². The van der Waals surface area contributed by atoms with E-state index in [1.165, 1.54) is 81.8 Å². The van der Waals surface area contributed by atoms with Crippen molar-refractivity contribution in [2.45, 2.75) is 9.79 Å². The van der Waals surface area contributed by atoms with Crippen LogP contribution in [-0.4, -0.2) is 65.8 Å². The molecule has 0 amide bonds. The Hall–Kier alpha value is -6.60. The molecule has 0 unspecified atom stereocenters. The van der Waals surface area contributed by atoms with E-state index < -0.39 is 30.0 Å². The molecule has 0 saturated carbocycles. The van der Waals surface area contributed by atoms with Crippen molar-refractivity contribution >= 4 is 186 Å². The maximum absolute atomic E-state index is 12.9. The van der Waals surface area contributed by atoms with Gasteiger partial charge in [-0.05, 0) is 83.9 Å². The molecule has 0 aliphatic heterocycles. The molecule has 6 N–H and O–H groups in total. The molecule has 0 atom stereocenters. The second-order valence-electron chi connectivity index (χ2n) is 16.4. The van der Waals surface area contributed by atoms with Gasteiger partial charge in [-0.1, -0.05) is 118 Å². The van der Waals surface area contributed by atoms with E-state index in [1.807, 2.05) is 97.1 Å². The maximum Gasteiger partial charge on any atom is 1.00 e. The second-order valence-corrected chi connectivity index (χ2v) is 23.2. The average molecular weight is 1160 g/mol. The van der Waals surface area contributed by atoms with Crippen LogP contribution in [0.15, 0.2) is 155 Å². The van der Waals surface area contributed by atoms with Gasteiger partial charge in [0.15, 0.2) is 20.5 Å². The maximum atomic E-state index is 12.9. The number of anilines is 12. The minimum absolute atomic E-state index is 0. The molecule has 0 radical (unpaired) electrons. The summed E-state index contributed by atoms with van der Waals surface area (Å²) in [5, 5.41) is 21.1. The summed E-state index contributed by atoms with van der Waals surface area (Å²) in [6.07, 6.45) is 2.47. The Kier molecular flexibility index (Phi) is 16.1. The molecule has 12 aromatic rings. The normalized spacial score (nSPS) is 11.7. The zero-order chi connectivity index (χ0) is 52.0. The van der Waals surface area contributed by atoms with Crippen molar-refractivity contribution in [2.24, 2.45) is 0 Å². The van der Waals surface area contributed by atoms with Gasteiger partial charge in [0.2, 0.25) is 11.9 Å². The molecule has 20 nitrogen and oxygen atoms in total. The molecule has 0 aliphatic rings. The molecule has 376 valence electrons. The fourth-order valence-corrected chi connectivity index (χ4v) is 12.6. The van der Waals surface area contributed by atoms with Crippen LogP contribution in [0.2, 0.25) is 0 Å². The Balaban J connectivity index is 0.00000344. The number of rotatable bonds is 16. The number of aromatic nitrogens is 8. The van der Waals surface area contributed by atoms with Gasteiger partial charge in [0.05, 0.1) is 50.7 Å². The largest absolute Gasteiger partial charge is 1.00 e. The van der Waals surface area contributed by atoms with E-state index in [-0.39, 0.29) is 105 Å². The van der Waals surface area contributed by atoms with Gasteiger partial charge in [-0.25, -0.2) is 36.8 Å². The van der Waals surface area contributed by atoms with Crippen molar-refractivity contribution in [2.75, 3.05) is 31.9 Å². The third kappa shape index (κ3) is 12.6. The number of nitrogens with zero attached hydrogens (tertiary/aromatic N) is 8. The van der Waals surface area contributed by atoms with E-state index in [0.29, 0.717) is 32.2 Å². The summed E-state index contributed by atoms with van der Waals surface area (Å²) in [6.45, 7) is 0. The van der Waals surface area contributed by atoms with Crippen molar-refractivity contribution in [1.29, 1.82) is 0 Å². The summed E-state index contributed by atoms with van der Waals surface area (Å²) in [5.41, 5.74) is 3.32. The van der Waals surface area contributed by atoms with Crippen molar-refractivity contribution in [3.8, 4) is 0 Å². The Labute approximate surface area is 503 Å². The monoisotopic (exact) mass is 1160 g/mol. The predicted octanol–water partition coefficient (Wildman–Crippen LogP) is 6.15.